The van der Waals surface area contributed by atoms with Gasteiger partial charge in [-0.25, -0.2) is 0 Å². The fourth-order valence-corrected chi connectivity index (χ4v) is 2.47. The molecule has 1 aromatic carbocycles. The monoisotopic (exact) mass is 251 g/mol. The molecule has 1 atom stereocenters. The molecule has 0 aromatic heterocycles. The summed E-state index contributed by atoms with van der Waals surface area (Å²) >= 11 is 6.19. The summed E-state index contributed by atoms with van der Waals surface area (Å²) in [6.45, 7) is 2.12. The highest BCUT2D eigenvalue weighted by Crippen LogP contribution is 2.35. The van der Waals surface area contributed by atoms with Gasteiger partial charge in [-0.05, 0) is 31.2 Å². The zero-order valence-electron chi connectivity index (χ0n) is 10.1. The molecule has 0 bridgehead atoms. The second-order valence-corrected chi connectivity index (χ2v) is 5.19. The van der Waals surface area contributed by atoms with Crippen molar-refractivity contribution in [1.29, 1.82) is 0 Å². The number of carbonyl (C=O) groups excluding carboxylic acids is 1. The largest absolute Gasteiger partial charge is 0.349 e. The first-order valence-electron chi connectivity index (χ1n) is 6.18. The molecular formula is C14H18ClNO. The van der Waals surface area contributed by atoms with E-state index in [9.17, 15) is 4.79 Å². The SMILES string of the molecule is CCC1(NC(=O)C(Cl)c2ccccc2)CCC1. The van der Waals surface area contributed by atoms with Crippen LogP contribution in [0.2, 0.25) is 0 Å². The summed E-state index contributed by atoms with van der Waals surface area (Å²) in [6.07, 6.45) is 4.34. The molecule has 1 N–H and O–H groups in total. The van der Waals surface area contributed by atoms with Gasteiger partial charge in [0.15, 0.2) is 0 Å². The number of hydrogen-bond donors (Lipinski definition) is 1. The van der Waals surface area contributed by atoms with Crippen LogP contribution in [0.15, 0.2) is 30.3 Å². The van der Waals surface area contributed by atoms with Crippen molar-refractivity contribution in [3.05, 3.63) is 35.9 Å². The van der Waals surface area contributed by atoms with E-state index in [-0.39, 0.29) is 11.4 Å². The number of alkyl halides is 1. The van der Waals surface area contributed by atoms with Gasteiger partial charge in [0.05, 0.1) is 0 Å². The zero-order chi connectivity index (χ0) is 12.3. The van der Waals surface area contributed by atoms with Crippen LogP contribution in [0.5, 0.6) is 0 Å². The van der Waals surface area contributed by atoms with Gasteiger partial charge in [-0.15, -0.1) is 11.6 Å². The van der Waals surface area contributed by atoms with Gasteiger partial charge in [0, 0.05) is 5.54 Å². The number of halogens is 1. The molecule has 1 aliphatic carbocycles. The molecule has 0 heterocycles. The Bertz CT molecular complexity index is 381. The number of nitrogens with one attached hydrogen (secondary N) is 1. The molecule has 1 aliphatic rings. The Morgan fingerprint density at radius 2 is 2.06 bits per heavy atom. The van der Waals surface area contributed by atoms with Gasteiger partial charge in [-0.3, -0.25) is 4.79 Å². The van der Waals surface area contributed by atoms with Crippen LogP contribution in [0, 0.1) is 0 Å². The summed E-state index contributed by atoms with van der Waals surface area (Å²) in [4.78, 5) is 12.1. The highest BCUT2D eigenvalue weighted by molar-refractivity contribution is 6.30. The Balaban J connectivity index is 2.01. The maximum Gasteiger partial charge on any atom is 0.243 e. The van der Waals surface area contributed by atoms with Gasteiger partial charge in [0.2, 0.25) is 5.91 Å². The van der Waals surface area contributed by atoms with Gasteiger partial charge in [-0.1, -0.05) is 37.3 Å². The molecule has 1 aromatic rings. The minimum atomic E-state index is -0.583. The Morgan fingerprint density at radius 3 is 2.53 bits per heavy atom. The van der Waals surface area contributed by atoms with Crippen molar-refractivity contribution in [3.63, 3.8) is 0 Å². The first-order chi connectivity index (χ1) is 8.17. The van der Waals surface area contributed by atoms with Crippen molar-refractivity contribution in [3.8, 4) is 0 Å². The van der Waals surface area contributed by atoms with Gasteiger partial charge in [0.1, 0.15) is 5.38 Å². The van der Waals surface area contributed by atoms with Crippen molar-refractivity contribution in [1.82, 2.24) is 5.32 Å². The van der Waals surface area contributed by atoms with E-state index in [2.05, 4.69) is 12.2 Å². The molecular weight excluding hydrogens is 234 g/mol. The Morgan fingerprint density at radius 1 is 1.41 bits per heavy atom. The highest BCUT2D eigenvalue weighted by Gasteiger charge is 2.37. The molecule has 2 rings (SSSR count). The number of benzene rings is 1. The normalized spacial score (nSPS) is 19.2. The quantitative estimate of drug-likeness (QED) is 0.817. The van der Waals surface area contributed by atoms with E-state index in [0.29, 0.717) is 0 Å². The lowest BCUT2D eigenvalue weighted by Gasteiger charge is -2.42. The maximum atomic E-state index is 12.1. The van der Waals surface area contributed by atoms with Crippen LogP contribution < -0.4 is 5.32 Å². The molecule has 0 spiro atoms. The van der Waals surface area contributed by atoms with Crippen molar-refractivity contribution < 1.29 is 4.79 Å². The van der Waals surface area contributed by atoms with Crippen LogP contribution in [0.25, 0.3) is 0 Å². The van der Waals surface area contributed by atoms with E-state index in [1.54, 1.807) is 0 Å². The van der Waals surface area contributed by atoms with Gasteiger partial charge in [0.25, 0.3) is 0 Å². The first kappa shape index (κ1) is 12.4. The van der Waals surface area contributed by atoms with Crippen LogP contribution in [-0.2, 0) is 4.79 Å². The van der Waals surface area contributed by atoms with Gasteiger partial charge in [-0.2, -0.15) is 0 Å². The van der Waals surface area contributed by atoms with E-state index < -0.39 is 5.38 Å². The molecule has 1 amide bonds. The van der Waals surface area contributed by atoms with Gasteiger partial charge >= 0.3 is 0 Å². The summed E-state index contributed by atoms with van der Waals surface area (Å²) in [5, 5.41) is 2.52. The molecule has 1 fully saturated rings. The van der Waals surface area contributed by atoms with Crippen molar-refractivity contribution in [2.24, 2.45) is 0 Å². The Kier molecular flexibility index (Phi) is 3.72. The number of rotatable bonds is 4. The highest BCUT2D eigenvalue weighted by atomic mass is 35.5. The third-order valence-corrected chi connectivity index (χ3v) is 4.15. The summed E-state index contributed by atoms with van der Waals surface area (Å²) in [7, 11) is 0. The molecule has 2 nitrogen and oxygen atoms in total. The summed E-state index contributed by atoms with van der Waals surface area (Å²) in [5.41, 5.74) is 0.871. The van der Waals surface area contributed by atoms with Gasteiger partial charge < -0.3 is 5.32 Å². The van der Waals surface area contributed by atoms with Crippen molar-refractivity contribution in [2.75, 3.05) is 0 Å². The third kappa shape index (κ3) is 2.63. The molecule has 1 saturated carbocycles. The average Bonchev–Trinajstić information content (AvgIpc) is 2.33. The second-order valence-electron chi connectivity index (χ2n) is 4.75. The van der Waals surface area contributed by atoms with E-state index in [1.807, 2.05) is 30.3 Å². The Hall–Kier alpha value is -1.02. The number of amides is 1. The topological polar surface area (TPSA) is 29.1 Å². The lowest BCUT2D eigenvalue weighted by molar-refractivity contribution is -0.124. The van der Waals surface area contributed by atoms with E-state index in [0.717, 1.165) is 24.8 Å². The lowest BCUT2D eigenvalue weighted by Crippen LogP contribution is -2.53. The van der Waals surface area contributed by atoms with Crippen molar-refractivity contribution in [2.45, 2.75) is 43.5 Å². The second kappa shape index (κ2) is 5.09. The maximum absolute atomic E-state index is 12.1. The minimum absolute atomic E-state index is 0.0129. The molecule has 1 unspecified atom stereocenters. The zero-order valence-corrected chi connectivity index (χ0v) is 10.8. The molecule has 17 heavy (non-hydrogen) atoms. The fraction of sp³-hybridized carbons (Fsp3) is 0.500. The van der Waals surface area contributed by atoms with E-state index >= 15 is 0 Å². The molecule has 0 radical (unpaired) electrons. The van der Waals surface area contributed by atoms with E-state index in [4.69, 9.17) is 11.6 Å². The van der Waals surface area contributed by atoms with E-state index in [1.165, 1.54) is 6.42 Å². The molecule has 92 valence electrons. The standard InChI is InChI=1S/C14H18ClNO/c1-2-14(9-6-10-14)16-13(17)12(15)11-7-4-3-5-8-11/h3-5,7-8,12H,2,6,9-10H2,1H3,(H,16,17). The summed E-state index contributed by atoms with van der Waals surface area (Å²) in [5.74, 6) is -0.0700. The summed E-state index contributed by atoms with van der Waals surface area (Å²) < 4.78 is 0. The number of hydrogen-bond acceptors (Lipinski definition) is 1. The molecule has 3 heteroatoms. The number of carbonyl (C=O) groups is 1. The lowest BCUT2D eigenvalue weighted by atomic mass is 9.74. The van der Waals surface area contributed by atoms with Crippen LogP contribution in [-0.4, -0.2) is 11.4 Å². The molecule has 0 aliphatic heterocycles. The van der Waals surface area contributed by atoms with Crippen LogP contribution >= 0.6 is 11.6 Å². The first-order valence-corrected chi connectivity index (χ1v) is 6.61. The predicted octanol–water partition coefficient (Wildman–Crippen LogP) is 3.42. The van der Waals surface area contributed by atoms with Crippen LogP contribution in [0.4, 0.5) is 0 Å². The molecule has 0 saturated heterocycles. The predicted molar refractivity (Wildman–Crippen MR) is 70.1 cm³/mol. The fourth-order valence-electron chi connectivity index (χ4n) is 2.27. The van der Waals surface area contributed by atoms with Crippen molar-refractivity contribution >= 4 is 17.5 Å². The van der Waals surface area contributed by atoms with Crippen LogP contribution in [0.3, 0.4) is 0 Å². The summed E-state index contributed by atoms with van der Waals surface area (Å²) in [6, 6.07) is 9.49. The minimum Gasteiger partial charge on any atom is -0.349 e. The third-order valence-electron chi connectivity index (χ3n) is 3.70. The average molecular weight is 252 g/mol. The van der Waals surface area contributed by atoms with Crippen LogP contribution in [0.1, 0.15) is 43.5 Å². The Labute approximate surface area is 107 Å². The smallest absolute Gasteiger partial charge is 0.243 e.